The molecule has 5 nitrogen and oxygen atoms in total. The zero-order valence-electron chi connectivity index (χ0n) is 12.8. The maximum absolute atomic E-state index is 12.8. The third-order valence-electron chi connectivity index (χ3n) is 3.43. The van der Waals surface area contributed by atoms with Crippen LogP contribution in [-0.4, -0.2) is 20.8 Å². The van der Waals surface area contributed by atoms with Crippen molar-refractivity contribution in [2.75, 3.05) is 0 Å². The summed E-state index contributed by atoms with van der Waals surface area (Å²) in [6.07, 6.45) is 4.71. The number of furan rings is 1. The monoisotopic (exact) mass is 307 g/mol. The van der Waals surface area contributed by atoms with Crippen LogP contribution in [0.2, 0.25) is 0 Å². The van der Waals surface area contributed by atoms with Gasteiger partial charge in [0.1, 0.15) is 11.5 Å². The van der Waals surface area contributed by atoms with E-state index in [1.54, 1.807) is 17.4 Å². The molecule has 23 heavy (non-hydrogen) atoms. The number of benzene rings is 1. The van der Waals surface area contributed by atoms with Crippen molar-refractivity contribution in [3.8, 4) is 0 Å². The van der Waals surface area contributed by atoms with Crippen LogP contribution in [-0.2, 0) is 13.1 Å². The van der Waals surface area contributed by atoms with Gasteiger partial charge in [0, 0.05) is 12.7 Å². The molecule has 0 spiro atoms. The molecule has 0 unspecified atom stereocenters. The second kappa shape index (κ2) is 6.87. The Bertz CT molecular complexity index is 753. The first-order valence-corrected chi connectivity index (χ1v) is 7.36. The van der Waals surface area contributed by atoms with Gasteiger partial charge in [-0.1, -0.05) is 30.3 Å². The van der Waals surface area contributed by atoms with Crippen LogP contribution in [0.25, 0.3) is 0 Å². The summed E-state index contributed by atoms with van der Waals surface area (Å²) < 4.78 is 5.38. The minimum atomic E-state index is -0.169. The van der Waals surface area contributed by atoms with E-state index in [9.17, 15) is 4.79 Å². The van der Waals surface area contributed by atoms with Gasteiger partial charge < -0.3 is 9.32 Å². The van der Waals surface area contributed by atoms with Crippen molar-refractivity contribution >= 4 is 5.91 Å². The molecule has 116 valence electrons. The van der Waals surface area contributed by atoms with E-state index in [-0.39, 0.29) is 5.91 Å². The number of hydrogen-bond acceptors (Lipinski definition) is 4. The van der Waals surface area contributed by atoms with Gasteiger partial charge in [-0.05, 0) is 24.6 Å². The SMILES string of the molecule is Cc1cnc(C(=O)N(Cc2ccccc2)Cc2ccco2)cn1. The van der Waals surface area contributed by atoms with Crippen LogP contribution in [0, 0.1) is 6.92 Å². The molecule has 2 aromatic heterocycles. The molecular formula is C18H17N3O2. The maximum Gasteiger partial charge on any atom is 0.274 e. The Hall–Kier alpha value is -2.95. The summed E-state index contributed by atoms with van der Waals surface area (Å²) in [5, 5.41) is 0. The molecule has 2 heterocycles. The number of amides is 1. The Balaban J connectivity index is 1.84. The molecule has 0 fully saturated rings. The predicted molar refractivity (Wildman–Crippen MR) is 85.5 cm³/mol. The highest BCUT2D eigenvalue weighted by Crippen LogP contribution is 2.13. The van der Waals surface area contributed by atoms with E-state index in [0.29, 0.717) is 18.8 Å². The van der Waals surface area contributed by atoms with Gasteiger partial charge in [-0.3, -0.25) is 9.78 Å². The normalized spacial score (nSPS) is 10.5. The highest BCUT2D eigenvalue weighted by molar-refractivity contribution is 5.91. The van der Waals surface area contributed by atoms with Gasteiger partial charge in [-0.15, -0.1) is 0 Å². The lowest BCUT2D eigenvalue weighted by Crippen LogP contribution is -2.30. The fourth-order valence-electron chi connectivity index (χ4n) is 2.26. The summed E-state index contributed by atoms with van der Waals surface area (Å²) >= 11 is 0. The van der Waals surface area contributed by atoms with E-state index in [1.165, 1.54) is 6.20 Å². The molecule has 0 aliphatic heterocycles. The van der Waals surface area contributed by atoms with Crippen molar-refractivity contribution in [2.45, 2.75) is 20.0 Å². The maximum atomic E-state index is 12.8. The average Bonchev–Trinajstić information content (AvgIpc) is 3.08. The van der Waals surface area contributed by atoms with Crippen LogP contribution in [0.3, 0.4) is 0 Å². The summed E-state index contributed by atoms with van der Waals surface area (Å²) in [5.74, 6) is 0.562. The number of hydrogen-bond donors (Lipinski definition) is 0. The van der Waals surface area contributed by atoms with Crippen molar-refractivity contribution in [1.82, 2.24) is 14.9 Å². The summed E-state index contributed by atoms with van der Waals surface area (Å²) in [6.45, 7) is 2.71. The van der Waals surface area contributed by atoms with Gasteiger partial charge in [-0.25, -0.2) is 4.98 Å². The predicted octanol–water partition coefficient (Wildman–Crippen LogP) is 3.22. The standard InChI is InChI=1S/C18H17N3O2/c1-14-10-20-17(11-19-14)18(22)21(13-16-8-5-9-23-16)12-15-6-3-2-4-7-15/h2-11H,12-13H2,1H3. The molecule has 0 aliphatic carbocycles. The van der Waals surface area contributed by atoms with Crippen LogP contribution in [0.5, 0.6) is 0 Å². The second-order valence-corrected chi connectivity index (χ2v) is 5.27. The minimum Gasteiger partial charge on any atom is -0.467 e. The molecule has 0 aliphatic rings. The Morgan fingerprint density at radius 1 is 1.04 bits per heavy atom. The van der Waals surface area contributed by atoms with E-state index in [4.69, 9.17) is 4.42 Å². The first-order valence-electron chi connectivity index (χ1n) is 7.36. The zero-order valence-corrected chi connectivity index (χ0v) is 12.8. The van der Waals surface area contributed by atoms with Gasteiger partial charge in [0.15, 0.2) is 0 Å². The lowest BCUT2D eigenvalue weighted by atomic mass is 10.2. The fraction of sp³-hybridized carbons (Fsp3) is 0.167. The largest absolute Gasteiger partial charge is 0.467 e. The molecule has 3 rings (SSSR count). The van der Waals surface area contributed by atoms with Crippen LogP contribution < -0.4 is 0 Å². The third kappa shape index (κ3) is 3.83. The van der Waals surface area contributed by atoms with Crippen molar-refractivity contribution in [3.05, 3.63) is 83.8 Å². The summed E-state index contributed by atoms with van der Waals surface area (Å²) in [4.78, 5) is 22.8. The smallest absolute Gasteiger partial charge is 0.274 e. The number of carbonyl (C=O) groups is 1. The molecule has 1 aromatic carbocycles. The Morgan fingerprint density at radius 3 is 2.52 bits per heavy atom. The minimum absolute atomic E-state index is 0.169. The summed E-state index contributed by atoms with van der Waals surface area (Å²) in [7, 11) is 0. The van der Waals surface area contributed by atoms with Gasteiger partial charge >= 0.3 is 0 Å². The number of aromatic nitrogens is 2. The first-order chi connectivity index (χ1) is 11.2. The second-order valence-electron chi connectivity index (χ2n) is 5.27. The zero-order chi connectivity index (χ0) is 16.1. The molecule has 0 bridgehead atoms. The highest BCUT2D eigenvalue weighted by Gasteiger charge is 2.19. The molecule has 0 saturated heterocycles. The molecule has 0 N–H and O–H groups in total. The summed E-state index contributed by atoms with van der Waals surface area (Å²) in [5.41, 5.74) is 2.16. The van der Waals surface area contributed by atoms with E-state index >= 15 is 0 Å². The fourth-order valence-corrected chi connectivity index (χ4v) is 2.26. The number of carbonyl (C=O) groups excluding carboxylic acids is 1. The molecule has 0 atom stereocenters. The Morgan fingerprint density at radius 2 is 1.87 bits per heavy atom. The number of aryl methyl sites for hydroxylation is 1. The van der Waals surface area contributed by atoms with Crippen LogP contribution >= 0.6 is 0 Å². The summed E-state index contributed by atoms with van der Waals surface area (Å²) in [6, 6.07) is 13.5. The molecular weight excluding hydrogens is 290 g/mol. The number of nitrogens with zero attached hydrogens (tertiary/aromatic N) is 3. The van der Waals surface area contributed by atoms with Crippen molar-refractivity contribution < 1.29 is 9.21 Å². The topological polar surface area (TPSA) is 59.2 Å². The van der Waals surface area contributed by atoms with Gasteiger partial charge in [0.25, 0.3) is 5.91 Å². The quantitative estimate of drug-likeness (QED) is 0.726. The van der Waals surface area contributed by atoms with E-state index in [0.717, 1.165) is 17.0 Å². The third-order valence-corrected chi connectivity index (χ3v) is 3.43. The van der Waals surface area contributed by atoms with Crippen LogP contribution in [0.15, 0.2) is 65.5 Å². The van der Waals surface area contributed by atoms with Crippen molar-refractivity contribution in [2.24, 2.45) is 0 Å². The van der Waals surface area contributed by atoms with E-state index in [2.05, 4.69) is 9.97 Å². The highest BCUT2D eigenvalue weighted by atomic mass is 16.3. The molecule has 3 aromatic rings. The molecule has 0 radical (unpaired) electrons. The van der Waals surface area contributed by atoms with E-state index in [1.807, 2.05) is 49.4 Å². The van der Waals surface area contributed by atoms with Gasteiger partial charge in [-0.2, -0.15) is 0 Å². The average molecular weight is 307 g/mol. The molecule has 1 amide bonds. The molecule has 0 saturated carbocycles. The van der Waals surface area contributed by atoms with Crippen LogP contribution in [0.1, 0.15) is 27.5 Å². The van der Waals surface area contributed by atoms with E-state index < -0.39 is 0 Å². The number of rotatable bonds is 5. The Labute approximate surface area is 134 Å². The first kappa shape index (κ1) is 15.0. The van der Waals surface area contributed by atoms with Crippen LogP contribution in [0.4, 0.5) is 0 Å². The lowest BCUT2D eigenvalue weighted by Gasteiger charge is -2.21. The van der Waals surface area contributed by atoms with Gasteiger partial charge in [0.2, 0.25) is 0 Å². The Kier molecular flexibility index (Phi) is 4.47. The lowest BCUT2D eigenvalue weighted by molar-refractivity contribution is 0.0711. The van der Waals surface area contributed by atoms with Crippen molar-refractivity contribution in [3.63, 3.8) is 0 Å². The molecule has 5 heteroatoms. The van der Waals surface area contributed by atoms with Gasteiger partial charge in [0.05, 0.1) is 24.7 Å². The van der Waals surface area contributed by atoms with Crippen molar-refractivity contribution in [1.29, 1.82) is 0 Å².